The fourth-order valence-corrected chi connectivity index (χ4v) is 4.10. The molecule has 2 saturated heterocycles. The lowest BCUT2D eigenvalue weighted by Gasteiger charge is -2.22. The molecule has 6 heteroatoms. The number of nitrogens with zero attached hydrogens (tertiary/aromatic N) is 1. The summed E-state index contributed by atoms with van der Waals surface area (Å²) < 4.78 is 18.9. The maximum Gasteiger partial charge on any atom is 0.257 e. The fraction of sp³-hybridized carbons (Fsp3) is 0.409. The molecule has 2 fully saturated rings. The van der Waals surface area contributed by atoms with Crippen LogP contribution in [0.3, 0.4) is 0 Å². The highest BCUT2D eigenvalue weighted by Crippen LogP contribution is 2.29. The average Bonchev–Trinajstić information content (AvgIpc) is 3.05. The summed E-state index contributed by atoms with van der Waals surface area (Å²) in [6, 6.07) is 13.6. The van der Waals surface area contributed by atoms with Crippen LogP contribution >= 0.6 is 12.4 Å². The minimum absolute atomic E-state index is 0. The van der Waals surface area contributed by atoms with Crippen LogP contribution in [0.15, 0.2) is 48.5 Å². The number of amides is 1. The number of carbonyl (C=O) groups is 1. The molecule has 2 aliphatic heterocycles. The third-order valence-corrected chi connectivity index (χ3v) is 5.73. The van der Waals surface area contributed by atoms with Gasteiger partial charge in [0, 0.05) is 13.1 Å². The van der Waals surface area contributed by atoms with Crippen molar-refractivity contribution in [2.75, 3.05) is 26.2 Å². The first-order valence-corrected chi connectivity index (χ1v) is 9.67. The zero-order valence-corrected chi connectivity index (χ0v) is 16.6. The van der Waals surface area contributed by atoms with Crippen molar-refractivity contribution >= 4 is 18.3 Å². The SMILES string of the molecule is Cl.O=C(c1ccccc1OCc1ccc(F)cc1)N1CC[C@@H]2CNC[C@@H]2CC1. The maximum atomic E-state index is 13.1. The van der Waals surface area contributed by atoms with E-state index in [0.717, 1.165) is 44.6 Å². The van der Waals surface area contributed by atoms with Crippen molar-refractivity contribution in [3.63, 3.8) is 0 Å². The van der Waals surface area contributed by atoms with Gasteiger partial charge < -0.3 is 15.0 Å². The van der Waals surface area contributed by atoms with E-state index < -0.39 is 0 Å². The maximum absolute atomic E-state index is 13.1. The van der Waals surface area contributed by atoms with Gasteiger partial charge in [-0.25, -0.2) is 4.39 Å². The largest absolute Gasteiger partial charge is 0.488 e. The third-order valence-electron chi connectivity index (χ3n) is 5.73. The zero-order chi connectivity index (χ0) is 18.6. The predicted molar refractivity (Wildman–Crippen MR) is 109 cm³/mol. The van der Waals surface area contributed by atoms with E-state index in [0.29, 0.717) is 29.8 Å². The Hall–Kier alpha value is -2.11. The molecule has 1 amide bonds. The van der Waals surface area contributed by atoms with Crippen molar-refractivity contribution in [3.05, 3.63) is 65.5 Å². The lowest BCUT2D eigenvalue weighted by molar-refractivity contribution is 0.0753. The second kappa shape index (κ2) is 9.39. The van der Waals surface area contributed by atoms with Gasteiger partial charge in [0.2, 0.25) is 0 Å². The first kappa shape index (κ1) is 20.6. The number of hydrogen-bond donors (Lipinski definition) is 1. The number of halogens is 2. The minimum atomic E-state index is -0.268. The number of hydrogen-bond acceptors (Lipinski definition) is 3. The van der Waals surface area contributed by atoms with E-state index in [4.69, 9.17) is 4.74 Å². The number of fused-ring (bicyclic) bond motifs is 1. The Morgan fingerprint density at radius 2 is 1.68 bits per heavy atom. The van der Waals surface area contributed by atoms with Crippen LogP contribution in [0.2, 0.25) is 0 Å². The highest BCUT2D eigenvalue weighted by Gasteiger charge is 2.32. The predicted octanol–water partition coefficient (Wildman–Crippen LogP) is 3.90. The molecular formula is C22H26ClFN2O2. The monoisotopic (exact) mass is 404 g/mol. The van der Waals surface area contributed by atoms with E-state index in [1.165, 1.54) is 12.1 Å². The highest BCUT2D eigenvalue weighted by molar-refractivity contribution is 5.97. The summed E-state index contributed by atoms with van der Waals surface area (Å²) in [5.74, 6) is 1.73. The van der Waals surface area contributed by atoms with Crippen LogP contribution in [0, 0.1) is 17.7 Å². The minimum Gasteiger partial charge on any atom is -0.488 e. The van der Waals surface area contributed by atoms with Gasteiger partial charge in [-0.2, -0.15) is 0 Å². The smallest absolute Gasteiger partial charge is 0.257 e. The summed E-state index contributed by atoms with van der Waals surface area (Å²) in [4.78, 5) is 15.1. The van der Waals surface area contributed by atoms with Crippen molar-refractivity contribution < 1.29 is 13.9 Å². The molecule has 0 spiro atoms. The number of carbonyl (C=O) groups excluding carboxylic acids is 1. The van der Waals surface area contributed by atoms with Crippen molar-refractivity contribution in [3.8, 4) is 5.75 Å². The van der Waals surface area contributed by atoms with Crippen LogP contribution in [-0.4, -0.2) is 37.0 Å². The van der Waals surface area contributed by atoms with E-state index in [-0.39, 0.29) is 24.1 Å². The summed E-state index contributed by atoms with van der Waals surface area (Å²) in [5.41, 5.74) is 1.47. The molecular weight excluding hydrogens is 379 g/mol. The molecule has 0 bridgehead atoms. The zero-order valence-electron chi connectivity index (χ0n) is 15.8. The van der Waals surface area contributed by atoms with E-state index in [2.05, 4.69) is 5.32 Å². The van der Waals surface area contributed by atoms with Gasteiger partial charge in [0.25, 0.3) is 5.91 Å². The molecule has 0 aliphatic carbocycles. The summed E-state index contributed by atoms with van der Waals surface area (Å²) in [6.45, 7) is 4.05. The topological polar surface area (TPSA) is 41.6 Å². The molecule has 0 aromatic heterocycles. The van der Waals surface area contributed by atoms with Gasteiger partial charge in [0.1, 0.15) is 18.2 Å². The number of para-hydroxylation sites is 1. The number of benzene rings is 2. The Balaban J connectivity index is 0.00000225. The molecule has 2 heterocycles. The molecule has 1 N–H and O–H groups in total. The van der Waals surface area contributed by atoms with Gasteiger partial charge in [-0.3, -0.25) is 4.79 Å². The van der Waals surface area contributed by atoms with Crippen LogP contribution < -0.4 is 10.1 Å². The molecule has 4 rings (SSSR count). The van der Waals surface area contributed by atoms with Gasteiger partial charge in [-0.05, 0) is 67.6 Å². The van der Waals surface area contributed by atoms with Crippen molar-refractivity contribution in [2.45, 2.75) is 19.4 Å². The van der Waals surface area contributed by atoms with E-state index in [9.17, 15) is 9.18 Å². The van der Waals surface area contributed by atoms with Gasteiger partial charge in [0.05, 0.1) is 5.56 Å². The number of likely N-dealkylation sites (tertiary alicyclic amines) is 1. The number of rotatable bonds is 4. The van der Waals surface area contributed by atoms with Gasteiger partial charge in [0.15, 0.2) is 0 Å². The lowest BCUT2D eigenvalue weighted by atomic mass is 9.92. The Morgan fingerprint density at radius 1 is 1.04 bits per heavy atom. The average molecular weight is 405 g/mol. The summed E-state index contributed by atoms with van der Waals surface area (Å²) in [5, 5.41) is 3.47. The van der Waals surface area contributed by atoms with E-state index in [1.54, 1.807) is 12.1 Å². The summed E-state index contributed by atoms with van der Waals surface area (Å²) in [6.07, 6.45) is 2.12. The normalized spacial score (nSPS) is 21.4. The second-order valence-electron chi connectivity index (χ2n) is 7.46. The van der Waals surface area contributed by atoms with Crippen LogP contribution in [0.4, 0.5) is 4.39 Å². The standard InChI is InChI=1S/C22H25FN2O2.ClH/c23-19-7-5-16(6-8-19)15-27-21-4-2-1-3-20(21)22(26)25-11-9-17-13-24-14-18(17)10-12-25;/h1-8,17-18,24H,9-15H2;1H/t17-,18+;. The van der Waals surface area contributed by atoms with Crippen molar-refractivity contribution in [2.24, 2.45) is 11.8 Å². The van der Waals surface area contributed by atoms with E-state index in [1.807, 2.05) is 29.2 Å². The van der Waals surface area contributed by atoms with Crippen LogP contribution in [0.25, 0.3) is 0 Å². The Bertz CT molecular complexity index is 785. The molecule has 2 atom stereocenters. The highest BCUT2D eigenvalue weighted by atomic mass is 35.5. The third kappa shape index (κ3) is 4.65. The molecule has 28 heavy (non-hydrogen) atoms. The quantitative estimate of drug-likeness (QED) is 0.840. The molecule has 0 unspecified atom stereocenters. The molecule has 2 aromatic rings. The van der Waals surface area contributed by atoms with Crippen LogP contribution in [0.5, 0.6) is 5.75 Å². The fourth-order valence-electron chi connectivity index (χ4n) is 4.10. The van der Waals surface area contributed by atoms with Crippen LogP contribution in [0.1, 0.15) is 28.8 Å². The molecule has 150 valence electrons. The first-order chi connectivity index (χ1) is 13.2. The molecule has 2 aromatic carbocycles. The van der Waals surface area contributed by atoms with Crippen molar-refractivity contribution in [1.29, 1.82) is 0 Å². The molecule has 4 nitrogen and oxygen atoms in total. The Labute approximate surface area is 171 Å². The Morgan fingerprint density at radius 3 is 2.36 bits per heavy atom. The van der Waals surface area contributed by atoms with Crippen molar-refractivity contribution in [1.82, 2.24) is 10.2 Å². The number of nitrogens with one attached hydrogen (secondary N) is 1. The van der Waals surface area contributed by atoms with E-state index >= 15 is 0 Å². The van der Waals surface area contributed by atoms with Gasteiger partial charge in [-0.15, -0.1) is 12.4 Å². The lowest BCUT2D eigenvalue weighted by Crippen LogP contribution is -2.33. The summed E-state index contributed by atoms with van der Waals surface area (Å²) >= 11 is 0. The Kier molecular flexibility index (Phi) is 6.92. The molecule has 0 saturated carbocycles. The number of ether oxygens (including phenoxy) is 1. The van der Waals surface area contributed by atoms with Crippen LogP contribution in [-0.2, 0) is 6.61 Å². The molecule has 2 aliphatic rings. The first-order valence-electron chi connectivity index (χ1n) is 9.67. The van der Waals surface area contributed by atoms with Gasteiger partial charge in [-0.1, -0.05) is 24.3 Å². The second-order valence-corrected chi connectivity index (χ2v) is 7.46. The molecule has 0 radical (unpaired) electrons. The van der Waals surface area contributed by atoms with Gasteiger partial charge >= 0.3 is 0 Å². The summed E-state index contributed by atoms with van der Waals surface area (Å²) in [7, 11) is 0.